The lowest BCUT2D eigenvalue weighted by atomic mass is 9.97. The van der Waals surface area contributed by atoms with E-state index >= 15 is 0 Å². The van der Waals surface area contributed by atoms with Crippen LogP contribution >= 0.6 is 0 Å². The van der Waals surface area contributed by atoms with Gasteiger partial charge < -0.3 is 10.2 Å². The number of rotatable bonds is 1. The molecule has 0 saturated heterocycles. The molecule has 0 fully saturated rings. The zero-order chi connectivity index (χ0) is 11.9. The number of anilines is 1. The molecule has 4 rings (SSSR count). The monoisotopic (exact) mass is 240 g/mol. The van der Waals surface area contributed by atoms with Crippen LogP contribution in [0.15, 0.2) is 24.5 Å². The minimum Gasteiger partial charge on any atom is -0.369 e. The second kappa shape index (κ2) is 3.85. The minimum absolute atomic E-state index is 0.991. The van der Waals surface area contributed by atoms with Crippen LogP contribution in [0.25, 0.3) is 11.1 Å². The summed E-state index contributed by atoms with van der Waals surface area (Å²) in [5.41, 5.74) is 6.95. The summed E-state index contributed by atoms with van der Waals surface area (Å²) >= 11 is 0. The molecule has 2 aliphatic rings. The lowest BCUT2D eigenvalue weighted by molar-refractivity contribution is 0.692. The molecular weight excluding hydrogens is 224 g/mol. The molecule has 1 aromatic carbocycles. The van der Waals surface area contributed by atoms with Crippen molar-refractivity contribution in [1.82, 2.24) is 15.5 Å². The van der Waals surface area contributed by atoms with Crippen molar-refractivity contribution in [3.63, 3.8) is 0 Å². The van der Waals surface area contributed by atoms with Gasteiger partial charge in [-0.1, -0.05) is 12.1 Å². The lowest BCUT2D eigenvalue weighted by Gasteiger charge is -2.19. The molecule has 0 bridgehead atoms. The second-order valence-corrected chi connectivity index (χ2v) is 5.00. The van der Waals surface area contributed by atoms with Gasteiger partial charge in [0, 0.05) is 43.6 Å². The highest BCUT2D eigenvalue weighted by Crippen LogP contribution is 2.39. The van der Waals surface area contributed by atoms with Gasteiger partial charge in [0.25, 0.3) is 0 Å². The number of hydrogen-bond acceptors (Lipinski definition) is 3. The van der Waals surface area contributed by atoms with E-state index in [-0.39, 0.29) is 0 Å². The van der Waals surface area contributed by atoms with Crippen LogP contribution in [-0.2, 0) is 13.0 Å². The third-order valence-corrected chi connectivity index (χ3v) is 4.00. The predicted octanol–water partition coefficient (Wildman–Crippen LogP) is 1.54. The van der Waals surface area contributed by atoms with E-state index in [4.69, 9.17) is 0 Å². The maximum absolute atomic E-state index is 4.07. The quantitative estimate of drug-likeness (QED) is 0.794. The van der Waals surface area contributed by atoms with Gasteiger partial charge in [-0.3, -0.25) is 5.10 Å². The van der Waals surface area contributed by atoms with Gasteiger partial charge in [0.1, 0.15) is 0 Å². The SMILES string of the molecule is c1n[nH]cc1-c1ccc2c3c1CCN3CCNC2. The van der Waals surface area contributed by atoms with Crippen molar-refractivity contribution in [1.29, 1.82) is 0 Å². The third kappa shape index (κ3) is 1.39. The molecular formula is C14H16N4. The fraction of sp³-hybridized carbons (Fsp3) is 0.357. The maximum atomic E-state index is 4.07. The Morgan fingerprint density at radius 1 is 1.22 bits per heavy atom. The van der Waals surface area contributed by atoms with Crippen molar-refractivity contribution >= 4 is 5.69 Å². The summed E-state index contributed by atoms with van der Waals surface area (Å²) in [7, 11) is 0. The highest BCUT2D eigenvalue weighted by Gasteiger charge is 2.26. The van der Waals surface area contributed by atoms with Gasteiger partial charge in [0.2, 0.25) is 0 Å². The molecule has 4 nitrogen and oxygen atoms in total. The zero-order valence-electron chi connectivity index (χ0n) is 10.2. The summed E-state index contributed by atoms with van der Waals surface area (Å²) < 4.78 is 0. The summed E-state index contributed by atoms with van der Waals surface area (Å²) in [6, 6.07) is 4.51. The normalized spacial score (nSPS) is 17.7. The molecule has 0 aliphatic carbocycles. The Bertz CT molecular complexity index is 574. The smallest absolute Gasteiger partial charge is 0.0565 e. The number of H-pyrrole nitrogens is 1. The first-order valence-electron chi connectivity index (χ1n) is 6.53. The fourth-order valence-corrected chi connectivity index (χ4v) is 3.16. The number of aromatic nitrogens is 2. The third-order valence-electron chi connectivity index (χ3n) is 4.00. The molecule has 0 radical (unpaired) electrons. The van der Waals surface area contributed by atoms with Crippen LogP contribution in [0.4, 0.5) is 5.69 Å². The van der Waals surface area contributed by atoms with Gasteiger partial charge in [0.15, 0.2) is 0 Å². The van der Waals surface area contributed by atoms with Crippen molar-refractivity contribution in [2.45, 2.75) is 13.0 Å². The van der Waals surface area contributed by atoms with Gasteiger partial charge in [-0.15, -0.1) is 0 Å². The summed E-state index contributed by atoms with van der Waals surface area (Å²) in [6.07, 6.45) is 5.05. The molecule has 2 N–H and O–H groups in total. The Hall–Kier alpha value is -1.81. The van der Waals surface area contributed by atoms with Gasteiger partial charge in [-0.25, -0.2) is 0 Å². The average Bonchev–Trinajstić information content (AvgIpc) is 3.00. The molecule has 18 heavy (non-hydrogen) atoms. The Labute approximate surface area is 106 Å². The van der Waals surface area contributed by atoms with E-state index in [0.29, 0.717) is 0 Å². The van der Waals surface area contributed by atoms with Gasteiger partial charge in [0.05, 0.1) is 6.20 Å². The Balaban J connectivity index is 1.92. The van der Waals surface area contributed by atoms with Crippen molar-refractivity contribution in [2.24, 2.45) is 0 Å². The van der Waals surface area contributed by atoms with E-state index in [9.17, 15) is 0 Å². The molecule has 3 heterocycles. The van der Waals surface area contributed by atoms with E-state index in [2.05, 4.69) is 32.5 Å². The van der Waals surface area contributed by atoms with E-state index < -0.39 is 0 Å². The van der Waals surface area contributed by atoms with Gasteiger partial charge in [-0.05, 0) is 23.1 Å². The fourth-order valence-electron chi connectivity index (χ4n) is 3.16. The van der Waals surface area contributed by atoms with Crippen molar-refractivity contribution in [3.8, 4) is 11.1 Å². The molecule has 0 unspecified atom stereocenters. The number of benzene rings is 1. The first-order chi connectivity index (χ1) is 8.93. The van der Waals surface area contributed by atoms with Crippen LogP contribution in [0.2, 0.25) is 0 Å². The van der Waals surface area contributed by atoms with Crippen LogP contribution in [-0.4, -0.2) is 29.8 Å². The number of hydrogen-bond donors (Lipinski definition) is 2. The van der Waals surface area contributed by atoms with Crippen LogP contribution in [0.1, 0.15) is 11.1 Å². The summed E-state index contributed by atoms with van der Waals surface area (Å²) in [5, 5.41) is 10.5. The van der Waals surface area contributed by atoms with Gasteiger partial charge in [-0.2, -0.15) is 5.10 Å². The molecule has 0 spiro atoms. The van der Waals surface area contributed by atoms with Crippen LogP contribution in [0.5, 0.6) is 0 Å². The van der Waals surface area contributed by atoms with Crippen molar-refractivity contribution in [2.75, 3.05) is 24.5 Å². The molecule has 1 aromatic heterocycles. The molecule has 0 amide bonds. The van der Waals surface area contributed by atoms with Crippen molar-refractivity contribution in [3.05, 3.63) is 35.7 Å². The number of nitrogens with zero attached hydrogens (tertiary/aromatic N) is 2. The van der Waals surface area contributed by atoms with Crippen molar-refractivity contribution < 1.29 is 0 Å². The molecule has 4 heteroatoms. The van der Waals surface area contributed by atoms with E-state index in [1.54, 1.807) is 0 Å². The number of aromatic amines is 1. The average molecular weight is 240 g/mol. The highest BCUT2D eigenvalue weighted by molar-refractivity contribution is 5.78. The second-order valence-electron chi connectivity index (χ2n) is 5.00. The summed E-state index contributed by atoms with van der Waals surface area (Å²) in [4.78, 5) is 2.52. The standard InChI is InChI=1S/C14H16N4/c1-2-12(11-8-16-17-9-11)13-3-5-18-6-4-15-7-10(1)14(13)18/h1-2,8-9,15H,3-7H2,(H,16,17). The summed E-state index contributed by atoms with van der Waals surface area (Å²) in [5.74, 6) is 0. The molecule has 0 saturated carbocycles. The van der Waals surface area contributed by atoms with E-state index in [1.165, 1.54) is 27.9 Å². The Kier molecular flexibility index (Phi) is 2.17. The zero-order valence-corrected chi connectivity index (χ0v) is 10.2. The van der Waals surface area contributed by atoms with Gasteiger partial charge >= 0.3 is 0 Å². The van der Waals surface area contributed by atoms with E-state index in [1.807, 2.05) is 12.4 Å². The van der Waals surface area contributed by atoms with Crippen LogP contribution in [0.3, 0.4) is 0 Å². The molecule has 2 aromatic rings. The summed E-state index contributed by atoms with van der Waals surface area (Å²) in [6.45, 7) is 4.34. The Morgan fingerprint density at radius 3 is 3.11 bits per heavy atom. The minimum atomic E-state index is 0.991. The number of nitrogens with one attached hydrogen (secondary N) is 2. The van der Waals surface area contributed by atoms with E-state index in [0.717, 1.165) is 32.6 Å². The van der Waals surface area contributed by atoms with Crippen LogP contribution in [0, 0.1) is 0 Å². The maximum Gasteiger partial charge on any atom is 0.0565 e. The van der Waals surface area contributed by atoms with Crippen LogP contribution < -0.4 is 10.2 Å². The molecule has 0 atom stereocenters. The highest BCUT2D eigenvalue weighted by atomic mass is 15.2. The largest absolute Gasteiger partial charge is 0.369 e. The lowest BCUT2D eigenvalue weighted by Crippen LogP contribution is -2.27. The first-order valence-corrected chi connectivity index (χ1v) is 6.53. The molecule has 2 aliphatic heterocycles. The molecule has 92 valence electrons. The first kappa shape index (κ1) is 10.1. The topological polar surface area (TPSA) is 44.0 Å². The predicted molar refractivity (Wildman–Crippen MR) is 71.6 cm³/mol. The Morgan fingerprint density at radius 2 is 2.22 bits per heavy atom.